The molecule has 6 heteroatoms. The summed E-state index contributed by atoms with van der Waals surface area (Å²) in [5.41, 5.74) is 2.22. The first-order valence-electron chi connectivity index (χ1n) is 11.0. The van der Waals surface area contributed by atoms with E-state index in [1.165, 1.54) is 16.3 Å². The number of aromatic nitrogens is 1. The number of aliphatic imine (C=N–C) groups is 1. The number of aliphatic hydroxyl groups is 1. The highest BCUT2D eigenvalue weighted by atomic mass is 16.3. The lowest BCUT2D eigenvalue weighted by Gasteiger charge is -2.36. The van der Waals surface area contributed by atoms with Crippen LogP contribution in [0.3, 0.4) is 0 Å². The van der Waals surface area contributed by atoms with Crippen LogP contribution in [0.5, 0.6) is 0 Å². The SMILES string of the molecule is CCNC(=NCC(O)c1ccncc1)N1CCN(Cc2cccc3ccccc23)CC1. The lowest BCUT2D eigenvalue weighted by molar-refractivity contribution is 0.169. The number of nitrogens with one attached hydrogen (secondary N) is 1. The Morgan fingerprint density at radius 1 is 1.03 bits per heavy atom. The molecule has 6 nitrogen and oxygen atoms in total. The highest BCUT2D eigenvalue weighted by molar-refractivity contribution is 5.85. The summed E-state index contributed by atoms with van der Waals surface area (Å²) in [6, 6.07) is 18.8. The Labute approximate surface area is 184 Å². The van der Waals surface area contributed by atoms with Crippen molar-refractivity contribution in [2.24, 2.45) is 4.99 Å². The molecule has 162 valence electrons. The molecule has 1 aromatic heterocycles. The van der Waals surface area contributed by atoms with Crippen LogP contribution in [0.4, 0.5) is 0 Å². The number of guanidine groups is 1. The van der Waals surface area contributed by atoms with E-state index in [1.54, 1.807) is 12.4 Å². The minimum Gasteiger partial charge on any atom is -0.386 e. The molecule has 0 saturated carbocycles. The average molecular weight is 418 g/mol. The van der Waals surface area contributed by atoms with E-state index in [0.717, 1.165) is 50.8 Å². The normalized spacial score (nSPS) is 16.5. The molecule has 1 atom stereocenters. The fourth-order valence-electron chi connectivity index (χ4n) is 4.08. The van der Waals surface area contributed by atoms with Gasteiger partial charge in [-0.25, -0.2) is 0 Å². The standard InChI is InChI=1S/C25H31N5O/c1-2-27-25(28-18-24(31)21-10-12-26-13-11-21)30-16-14-29(15-17-30)19-22-8-5-7-20-6-3-4-9-23(20)22/h3-13,24,31H,2,14-19H2,1H3,(H,27,28). The van der Waals surface area contributed by atoms with Crippen molar-refractivity contribution >= 4 is 16.7 Å². The number of hydrogen-bond donors (Lipinski definition) is 2. The lowest BCUT2D eigenvalue weighted by Crippen LogP contribution is -2.52. The first-order valence-corrected chi connectivity index (χ1v) is 11.0. The fraction of sp³-hybridized carbons (Fsp3) is 0.360. The summed E-state index contributed by atoms with van der Waals surface area (Å²) in [5.74, 6) is 0.875. The van der Waals surface area contributed by atoms with Crippen LogP contribution in [0, 0.1) is 0 Å². The second kappa shape index (κ2) is 10.4. The summed E-state index contributed by atoms with van der Waals surface area (Å²) in [5, 5.41) is 16.5. The molecule has 4 rings (SSSR count). The van der Waals surface area contributed by atoms with Gasteiger partial charge in [0.25, 0.3) is 0 Å². The number of hydrogen-bond acceptors (Lipinski definition) is 4. The zero-order valence-electron chi connectivity index (χ0n) is 18.1. The van der Waals surface area contributed by atoms with Gasteiger partial charge in [0, 0.05) is 51.7 Å². The van der Waals surface area contributed by atoms with E-state index in [4.69, 9.17) is 4.99 Å². The average Bonchev–Trinajstić information content (AvgIpc) is 2.83. The third-order valence-corrected chi connectivity index (χ3v) is 5.79. The Morgan fingerprint density at radius 3 is 2.55 bits per heavy atom. The fourth-order valence-corrected chi connectivity index (χ4v) is 4.08. The van der Waals surface area contributed by atoms with Gasteiger partial charge in [-0.05, 0) is 41.0 Å². The van der Waals surface area contributed by atoms with Crippen molar-refractivity contribution in [3.63, 3.8) is 0 Å². The summed E-state index contributed by atoms with van der Waals surface area (Å²) < 4.78 is 0. The van der Waals surface area contributed by atoms with Crippen LogP contribution in [-0.2, 0) is 6.54 Å². The van der Waals surface area contributed by atoms with Crippen molar-refractivity contribution in [3.8, 4) is 0 Å². The first kappa shape index (κ1) is 21.3. The Balaban J connectivity index is 1.36. The predicted molar refractivity (Wildman–Crippen MR) is 126 cm³/mol. The van der Waals surface area contributed by atoms with Gasteiger partial charge in [-0.2, -0.15) is 0 Å². The molecule has 2 N–H and O–H groups in total. The number of pyridine rings is 1. The molecule has 0 amide bonds. The van der Waals surface area contributed by atoms with E-state index in [-0.39, 0.29) is 0 Å². The van der Waals surface area contributed by atoms with Gasteiger partial charge in [-0.15, -0.1) is 0 Å². The molecule has 1 unspecified atom stereocenters. The molecule has 31 heavy (non-hydrogen) atoms. The molecule has 3 aromatic rings. The number of benzene rings is 2. The summed E-state index contributed by atoms with van der Waals surface area (Å²) >= 11 is 0. The zero-order valence-corrected chi connectivity index (χ0v) is 18.1. The van der Waals surface area contributed by atoms with Gasteiger partial charge >= 0.3 is 0 Å². The summed E-state index contributed by atoms with van der Waals surface area (Å²) in [4.78, 5) is 13.5. The number of nitrogens with zero attached hydrogens (tertiary/aromatic N) is 4. The first-order chi connectivity index (χ1) is 15.2. The van der Waals surface area contributed by atoms with Gasteiger partial charge in [0.1, 0.15) is 0 Å². The minimum absolute atomic E-state index is 0.336. The summed E-state index contributed by atoms with van der Waals surface area (Å²) in [6.45, 7) is 7.99. The molecule has 0 radical (unpaired) electrons. The Bertz CT molecular complexity index is 994. The third kappa shape index (κ3) is 5.40. The van der Waals surface area contributed by atoms with Crippen LogP contribution < -0.4 is 5.32 Å². The molecule has 2 aromatic carbocycles. The Kier molecular flexibility index (Phi) is 7.12. The molecule has 1 saturated heterocycles. The molecular formula is C25H31N5O. The van der Waals surface area contributed by atoms with Crippen LogP contribution in [0.1, 0.15) is 24.2 Å². The molecule has 2 heterocycles. The van der Waals surface area contributed by atoms with Crippen LogP contribution in [-0.4, -0.2) is 65.1 Å². The summed E-state index contributed by atoms with van der Waals surface area (Å²) in [6.07, 6.45) is 2.77. The van der Waals surface area contributed by atoms with Gasteiger partial charge in [0.15, 0.2) is 5.96 Å². The van der Waals surface area contributed by atoms with E-state index < -0.39 is 6.10 Å². The highest BCUT2D eigenvalue weighted by Crippen LogP contribution is 2.20. The second-order valence-corrected chi connectivity index (χ2v) is 7.89. The van der Waals surface area contributed by atoms with E-state index in [1.807, 2.05) is 12.1 Å². The maximum absolute atomic E-state index is 10.4. The van der Waals surface area contributed by atoms with Crippen molar-refractivity contribution < 1.29 is 5.11 Å². The van der Waals surface area contributed by atoms with Crippen LogP contribution in [0.25, 0.3) is 10.8 Å². The van der Waals surface area contributed by atoms with Gasteiger partial charge in [-0.3, -0.25) is 14.9 Å². The molecular weight excluding hydrogens is 386 g/mol. The van der Waals surface area contributed by atoms with Crippen molar-refractivity contribution in [2.45, 2.75) is 19.6 Å². The smallest absolute Gasteiger partial charge is 0.194 e. The Hall–Kier alpha value is -2.96. The van der Waals surface area contributed by atoms with Crippen LogP contribution >= 0.6 is 0 Å². The van der Waals surface area contributed by atoms with Gasteiger partial charge in [-0.1, -0.05) is 42.5 Å². The van der Waals surface area contributed by atoms with E-state index in [0.29, 0.717) is 6.54 Å². The maximum Gasteiger partial charge on any atom is 0.194 e. The molecule has 1 fully saturated rings. The monoisotopic (exact) mass is 417 g/mol. The number of aliphatic hydroxyl groups excluding tert-OH is 1. The second-order valence-electron chi connectivity index (χ2n) is 7.89. The predicted octanol–water partition coefficient (Wildman–Crippen LogP) is 3.05. The molecule has 0 aliphatic carbocycles. The Morgan fingerprint density at radius 2 is 1.77 bits per heavy atom. The number of rotatable bonds is 6. The van der Waals surface area contributed by atoms with E-state index in [9.17, 15) is 5.11 Å². The van der Waals surface area contributed by atoms with E-state index in [2.05, 4.69) is 69.5 Å². The molecule has 1 aliphatic heterocycles. The van der Waals surface area contributed by atoms with Crippen LogP contribution in [0.15, 0.2) is 72.0 Å². The van der Waals surface area contributed by atoms with E-state index >= 15 is 0 Å². The highest BCUT2D eigenvalue weighted by Gasteiger charge is 2.20. The van der Waals surface area contributed by atoms with Crippen molar-refractivity contribution in [1.29, 1.82) is 0 Å². The number of piperazine rings is 1. The minimum atomic E-state index is -0.621. The molecule has 0 bridgehead atoms. The van der Waals surface area contributed by atoms with Crippen LogP contribution in [0.2, 0.25) is 0 Å². The summed E-state index contributed by atoms with van der Waals surface area (Å²) in [7, 11) is 0. The lowest BCUT2D eigenvalue weighted by atomic mass is 10.0. The van der Waals surface area contributed by atoms with Gasteiger partial charge in [0.05, 0.1) is 12.6 Å². The molecule has 1 aliphatic rings. The zero-order chi connectivity index (χ0) is 21.5. The topological polar surface area (TPSA) is 64.0 Å². The van der Waals surface area contributed by atoms with Crippen molar-refractivity contribution in [2.75, 3.05) is 39.3 Å². The van der Waals surface area contributed by atoms with Gasteiger partial charge < -0.3 is 15.3 Å². The van der Waals surface area contributed by atoms with Crippen molar-refractivity contribution in [3.05, 3.63) is 78.1 Å². The van der Waals surface area contributed by atoms with Crippen molar-refractivity contribution in [1.82, 2.24) is 20.1 Å². The third-order valence-electron chi connectivity index (χ3n) is 5.79. The molecule has 0 spiro atoms. The quantitative estimate of drug-likeness (QED) is 0.477. The largest absolute Gasteiger partial charge is 0.386 e. The number of fused-ring (bicyclic) bond motifs is 1. The maximum atomic E-state index is 10.4. The van der Waals surface area contributed by atoms with Gasteiger partial charge in [0.2, 0.25) is 0 Å².